The fourth-order valence-corrected chi connectivity index (χ4v) is 6.07. The molecule has 0 spiro atoms. The molecule has 16 heteroatoms. The number of nitrogens with one attached hydrogen (secondary N) is 3. The zero-order chi connectivity index (χ0) is 22.8. The van der Waals surface area contributed by atoms with Gasteiger partial charge in [-0.25, -0.2) is 26.7 Å². The van der Waals surface area contributed by atoms with Gasteiger partial charge in [0.25, 0.3) is 0 Å². The lowest BCUT2D eigenvalue weighted by Gasteiger charge is -2.20. The van der Waals surface area contributed by atoms with Crippen molar-refractivity contribution in [2.75, 3.05) is 18.4 Å². The molecular formula is C15H25N9O5S2. The summed E-state index contributed by atoms with van der Waals surface area (Å²) in [6, 6.07) is 2.45. The fourth-order valence-electron chi connectivity index (χ4n) is 3.40. The second-order valence-electron chi connectivity index (χ2n) is 7.25. The van der Waals surface area contributed by atoms with Crippen molar-refractivity contribution in [1.82, 2.24) is 25.3 Å². The Kier molecular flexibility index (Phi) is 6.89. The summed E-state index contributed by atoms with van der Waals surface area (Å²) >= 11 is 0. The number of aromatic amines is 1. The number of benzene rings is 1. The minimum absolute atomic E-state index is 0.00154. The van der Waals surface area contributed by atoms with Crippen LogP contribution in [0.2, 0.25) is 0 Å². The van der Waals surface area contributed by atoms with Crippen molar-refractivity contribution in [1.29, 1.82) is 0 Å². The van der Waals surface area contributed by atoms with Crippen LogP contribution in [0.4, 0.5) is 5.69 Å². The Morgan fingerprint density at radius 2 is 2.00 bits per heavy atom. The maximum atomic E-state index is 12.9. The number of sulfonamides is 2. The minimum atomic E-state index is -4.58. The number of hydrogen-bond acceptors (Lipinski definition) is 11. The molecule has 1 aliphatic carbocycles. The van der Waals surface area contributed by atoms with Crippen molar-refractivity contribution in [2.45, 2.75) is 47.2 Å². The molecule has 0 saturated heterocycles. The summed E-state index contributed by atoms with van der Waals surface area (Å²) in [6.07, 6.45) is 1.03. The Morgan fingerprint density at radius 1 is 1.26 bits per heavy atom. The van der Waals surface area contributed by atoms with E-state index in [0.717, 1.165) is 18.9 Å². The molecule has 1 aromatic heterocycles. The third-order valence-corrected chi connectivity index (χ3v) is 7.47. The normalized spacial score (nSPS) is 20.6. The number of hydrogen-bond donors (Lipinski definition) is 7. The molecule has 0 radical (unpaired) electrons. The average molecular weight is 476 g/mol. The van der Waals surface area contributed by atoms with Crippen LogP contribution in [-0.2, 0) is 20.0 Å². The van der Waals surface area contributed by atoms with Crippen molar-refractivity contribution >= 4 is 25.7 Å². The number of nitrogens with zero attached hydrogens (tertiary/aromatic N) is 3. The first kappa shape index (κ1) is 23.5. The highest BCUT2D eigenvalue weighted by Gasteiger charge is 2.33. The van der Waals surface area contributed by atoms with Crippen LogP contribution in [0.5, 0.6) is 0 Å². The van der Waals surface area contributed by atoms with E-state index in [-0.39, 0.29) is 35.7 Å². The van der Waals surface area contributed by atoms with Crippen LogP contribution in [0.1, 0.15) is 19.3 Å². The zero-order valence-corrected chi connectivity index (χ0v) is 18.0. The number of nitrogens with two attached hydrogens (primary N) is 3. The quantitative estimate of drug-likeness (QED) is 0.198. The summed E-state index contributed by atoms with van der Waals surface area (Å²) in [7, 11) is -8.98. The summed E-state index contributed by atoms with van der Waals surface area (Å²) in [5, 5.41) is 31.5. The Balaban J connectivity index is 2.16. The lowest BCUT2D eigenvalue weighted by atomic mass is 10.1. The minimum Gasteiger partial charge on any atom is -0.390 e. The molecule has 0 bridgehead atoms. The molecule has 1 aliphatic rings. The molecule has 3 atom stereocenters. The largest absolute Gasteiger partial charge is 0.390 e. The van der Waals surface area contributed by atoms with E-state index in [9.17, 15) is 21.9 Å². The van der Waals surface area contributed by atoms with E-state index < -0.39 is 42.5 Å². The van der Waals surface area contributed by atoms with E-state index in [1.807, 2.05) is 0 Å². The molecule has 3 rings (SSSR count). The SMILES string of the molecule is NC[C@@H](O)CNS(=O)(=O)c1ccc(NC2CCC(N)C2)c(-c2nn[nH]n2)c1S(N)(=O)=O. The van der Waals surface area contributed by atoms with Crippen molar-refractivity contribution < 1.29 is 21.9 Å². The van der Waals surface area contributed by atoms with Gasteiger partial charge in [0.05, 0.1) is 11.7 Å². The first-order valence-corrected chi connectivity index (χ1v) is 12.4. The summed E-state index contributed by atoms with van der Waals surface area (Å²) in [6.45, 7) is -0.606. The first-order valence-electron chi connectivity index (χ1n) is 9.36. The number of anilines is 1. The number of aromatic nitrogens is 4. The van der Waals surface area contributed by atoms with E-state index in [0.29, 0.717) is 6.42 Å². The van der Waals surface area contributed by atoms with E-state index in [1.165, 1.54) is 6.07 Å². The summed E-state index contributed by atoms with van der Waals surface area (Å²) in [4.78, 5) is -1.32. The monoisotopic (exact) mass is 475 g/mol. The molecule has 172 valence electrons. The predicted molar refractivity (Wildman–Crippen MR) is 110 cm³/mol. The van der Waals surface area contributed by atoms with Gasteiger partial charge in [-0.1, -0.05) is 0 Å². The van der Waals surface area contributed by atoms with Crippen LogP contribution in [0, 0.1) is 0 Å². The molecule has 0 amide bonds. The Morgan fingerprint density at radius 3 is 2.55 bits per heavy atom. The highest BCUT2D eigenvalue weighted by Crippen LogP contribution is 2.37. The fraction of sp³-hybridized carbons (Fsp3) is 0.533. The number of aliphatic hydroxyl groups excluding tert-OH is 1. The van der Waals surface area contributed by atoms with Gasteiger partial charge >= 0.3 is 0 Å². The lowest BCUT2D eigenvalue weighted by molar-refractivity contribution is 0.186. The summed E-state index contributed by atoms with van der Waals surface area (Å²) in [5.74, 6) is -0.159. The Labute approximate surface area is 179 Å². The van der Waals surface area contributed by atoms with Crippen molar-refractivity contribution in [3.8, 4) is 11.4 Å². The number of tetrazole rings is 1. The lowest BCUT2D eigenvalue weighted by Crippen LogP contribution is -2.37. The van der Waals surface area contributed by atoms with Crippen molar-refractivity contribution in [3.63, 3.8) is 0 Å². The summed E-state index contributed by atoms with van der Waals surface area (Å²) in [5.41, 5.74) is 11.4. The number of rotatable bonds is 9. The maximum Gasteiger partial charge on any atom is 0.242 e. The third-order valence-electron chi connectivity index (χ3n) is 4.88. The second-order valence-corrected chi connectivity index (χ2v) is 10.5. The predicted octanol–water partition coefficient (Wildman–Crippen LogP) is -2.60. The van der Waals surface area contributed by atoms with Gasteiger partial charge < -0.3 is 21.9 Å². The van der Waals surface area contributed by atoms with Crippen LogP contribution < -0.4 is 26.6 Å². The molecule has 1 saturated carbocycles. The zero-order valence-electron chi connectivity index (χ0n) is 16.4. The van der Waals surface area contributed by atoms with Gasteiger partial charge in [-0.3, -0.25) is 0 Å². The van der Waals surface area contributed by atoms with E-state index >= 15 is 0 Å². The van der Waals surface area contributed by atoms with Gasteiger partial charge in [0.1, 0.15) is 9.79 Å². The van der Waals surface area contributed by atoms with Gasteiger partial charge in [0, 0.05) is 30.9 Å². The van der Waals surface area contributed by atoms with Gasteiger partial charge in [-0.15, -0.1) is 10.2 Å². The molecule has 2 aromatic rings. The average Bonchev–Trinajstić information content (AvgIpc) is 3.37. The molecule has 1 fully saturated rings. The molecule has 2 unspecified atom stereocenters. The van der Waals surface area contributed by atoms with Crippen LogP contribution >= 0.6 is 0 Å². The van der Waals surface area contributed by atoms with Crippen LogP contribution in [0.25, 0.3) is 11.4 Å². The molecule has 31 heavy (non-hydrogen) atoms. The standard InChI is InChI=1S/C15H25N9O5S2/c16-6-10(25)7-19-31(28,29)12-4-3-11(20-9-2-1-8(17)5-9)13(14(12)30(18,26)27)15-21-23-24-22-15/h3-4,8-10,19-20,25H,1-2,5-7,16-17H2,(H2,18,26,27)(H,21,22,23,24)/t8?,9?,10-/m1/s1. The van der Waals surface area contributed by atoms with Crippen LogP contribution in [-0.4, -0.2) is 73.8 Å². The van der Waals surface area contributed by atoms with Gasteiger partial charge in [-0.2, -0.15) is 5.21 Å². The highest BCUT2D eigenvalue weighted by atomic mass is 32.2. The van der Waals surface area contributed by atoms with Crippen molar-refractivity contribution in [3.05, 3.63) is 12.1 Å². The first-order chi connectivity index (χ1) is 14.5. The number of primary sulfonamides is 1. The van der Waals surface area contributed by atoms with E-state index in [4.69, 9.17) is 16.6 Å². The topological polar surface area (TPSA) is 245 Å². The molecule has 14 nitrogen and oxygen atoms in total. The van der Waals surface area contributed by atoms with Gasteiger partial charge in [-0.05, 0) is 36.6 Å². The van der Waals surface area contributed by atoms with Gasteiger partial charge in [0.15, 0.2) is 0 Å². The number of aliphatic hydroxyl groups is 1. The summed E-state index contributed by atoms with van der Waals surface area (Å²) < 4.78 is 52.9. The molecular weight excluding hydrogens is 450 g/mol. The van der Waals surface area contributed by atoms with E-state index in [2.05, 4.69) is 30.7 Å². The molecule has 0 aliphatic heterocycles. The molecule has 1 heterocycles. The Hall–Kier alpha value is -2.21. The van der Waals surface area contributed by atoms with Crippen LogP contribution in [0.15, 0.2) is 21.9 Å². The maximum absolute atomic E-state index is 12.9. The second kappa shape index (κ2) is 9.11. The molecule has 10 N–H and O–H groups in total. The smallest absolute Gasteiger partial charge is 0.242 e. The number of H-pyrrole nitrogens is 1. The van der Waals surface area contributed by atoms with Gasteiger partial charge in [0.2, 0.25) is 25.9 Å². The molecule has 1 aromatic carbocycles. The van der Waals surface area contributed by atoms with E-state index in [1.54, 1.807) is 0 Å². The Bertz CT molecular complexity index is 1120. The van der Waals surface area contributed by atoms with Crippen molar-refractivity contribution in [2.24, 2.45) is 16.6 Å². The van der Waals surface area contributed by atoms with Crippen LogP contribution in [0.3, 0.4) is 0 Å². The highest BCUT2D eigenvalue weighted by molar-refractivity contribution is 7.92. The third kappa shape index (κ3) is 5.35.